The molecule has 0 aliphatic heterocycles. The third-order valence-electron chi connectivity index (χ3n) is 4.52. The SMILES string of the molecule is COc1ccc(Cc2ncc(CCl)c3cc(OC)c(OC)cc23)cc1OC. The maximum Gasteiger partial charge on any atom is 0.161 e. The first kappa shape index (κ1) is 19.1. The standard InChI is InChI=1S/C21H22ClNO4/c1-24-18-6-5-13(8-19(18)25-2)7-17-16-10-21(27-4)20(26-3)9-15(16)14(11-22)12-23-17/h5-6,8-10,12H,7,11H2,1-4H3. The summed E-state index contributed by atoms with van der Waals surface area (Å²) in [4.78, 5) is 4.65. The maximum atomic E-state index is 6.12. The van der Waals surface area contributed by atoms with Crippen LogP contribution in [0, 0.1) is 0 Å². The number of fused-ring (bicyclic) bond motifs is 1. The van der Waals surface area contributed by atoms with Gasteiger partial charge in [0.05, 0.1) is 34.1 Å². The molecule has 3 aromatic rings. The molecular formula is C21H22ClNO4. The molecule has 0 radical (unpaired) electrons. The van der Waals surface area contributed by atoms with Crippen molar-refractivity contribution in [3.05, 3.63) is 53.3 Å². The van der Waals surface area contributed by atoms with E-state index in [9.17, 15) is 0 Å². The summed E-state index contributed by atoms with van der Waals surface area (Å²) >= 11 is 6.12. The monoisotopic (exact) mass is 387 g/mol. The van der Waals surface area contributed by atoms with Crippen LogP contribution < -0.4 is 18.9 Å². The second kappa shape index (κ2) is 8.35. The Labute approximate surface area is 163 Å². The Morgan fingerprint density at radius 1 is 0.778 bits per heavy atom. The van der Waals surface area contributed by atoms with Crippen LogP contribution in [0.25, 0.3) is 10.8 Å². The Kier molecular flexibility index (Phi) is 5.91. The largest absolute Gasteiger partial charge is 0.493 e. The third-order valence-corrected chi connectivity index (χ3v) is 4.81. The number of nitrogens with zero attached hydrogens (tertiary/aromatic N) is 1. The van der Waals surface area contributed by atoms with Gasteiger partial charge >= 0.3 is 0 Å². The average molecular weight is 388 g/mol. The van der Waals surface area contributed by atoms with Gasteiger partial charge in [-0.05, 0) is 40.8 Å². The lowest BCUT2D eigenvalue weighted by molar-refractivity contribution is 0.354. The van der Waals surface area contributed by atoms with Crippen molar-refractivity contribution >= 4 is 22.4 Å². The Balaban J connectivity index is 2.11. The van der Waals surface area contributed by atoms with Crippen molar-refractivity contribution < 1.29 is 18.9 Å². The van der Waals surface area contributed by atoms with Crippen LogP contribution in [0.1, 0.15) is 16.8 Å². The number of pyridine rings is 1. The lowest BCUT2D eigenvalue weighted by atomic mass is 10.00. The van der Waals surface area contributed by atoms with E-state index in [1.165, 1.54) is 0 Å². The van der Waals surface area contributed by atoms with E-state index in [-0.39, 0.29) is 0 Å². The summed E-state index contributed by atoms with van der Waals surface area (Å²) in [5, 5.41) is 1.99. The molecule has 0 N–H and O–H groups in total. The highest BCUT2D eigenvalue weighted by Gasteiger charge is 2.14. The number of hydrogen-bond acceptors (Lipinski definition) is 5. The first-order valence-corrected chi connectivity index (χ1v) is 8.98. The topological polar surface area (TPSA) is 49.8 Å². The summed E-state index contributed by atoms with van der Waals surface area (Å²) in [6.45, 7) is 0. The molecule has 0 aliphatic rings. The molecule has 1 heterocycles. The zero-order valence-corrected chi connectivity index (χ0v) is 16.6. The molecule has 0 bridgehead atoms. The highest BCUT2D eigenvalue weighted by atomic mass is 35.5. The second-order valence-electron chi connectivity index (χ2n) is 5.98. The average Bonchev–Trinajstić information content (AvgIpc) is 2.72. The van der Waals surface area contributed by atoms with Gasteiger partial charge in [0.25, 0.3) is 0 Å². The van der Waals surface area contributed by atoms with Gasteiger partial charge in [0.2, 0.25) is 0 Å². The van der Waals surface area contributed by atoms with E-state index in [1.807, 2.05) is 36.5 Å². The van der Waals surface area contributed by atoms with Gasteiger partial charge in [-0.25, -0.2) is 0 Å². The molecule has 5 nitrogen and oxygen atoms in total. The molecule has 0 unspecified atom stereocenters. The normalized spacial score (nSPS) is 10.7. The number of alkyl halides is 1. The highest BCUT2D eigenvalue weighted by molar-refractivity contribution is 6.18. The van der Waals surface area contributed by atoms with Gasteiger partial charge in [0.15, 0.2) is 23.0 Å². The zero-order chi connectivity index (χ0) is 19.4. The maximum absolute atomic E-state index is 6.12. The van der Waals surface area contributed by atoms with Gasteiger partial charge in [-0.15, -0.1) is 11.6 Å². The number of methoxy groups -OCH3 is 4. The summed E-state index contributed by atoms with van der Waals surface area (Å²) in [7, 11) is 6.49. The third kappa shape index (κ3) is 3.74. The zero-order valence-electron chi connectivity index (χ0n) is 15.8. The van der Waals surface area contributed by atoms with E-state index >= 15 is 0 Å². The van der Waals surface area contributed by atoms with Crippen LogP contribution in [-0.4, -0.2) is 33.4 Å². The summed E-state index contributed by atoms with van der Waals surface area (Å²) in [5.41, 5.74) is 2.94. The number of hydrogen-bond donors (Lipinski definition) is 0. The van der Waals surface area contributed by atoms with Gasteiger partial charge in [-0.1, -0.05) is 6.07 Å². The predicted molar refractivity (Wildman–Crippen MR) is 107 cm³/mol. The van der Waals surface area contributed by atoms with Gasteiger partial charge in [0, 0.05) is 23.9 Å². The van der Waals surface area contributed by atoms with E-state index < -0.39 is 0 Å². The molecule has 0 atom stereocenters. The van der Waals surface area contributed by atoms with Crippen molar-refractivity contribution in [1.82, 2.24) is 4.98 Å². The van der Waals surface area contributed by atoms with Crippen LogP contribution in [0.5, 0.6) is 23.0 Å². The number of rotatable bonds is 7. The minimum atomic E-state index is 0.371. The molecule has 0 spiro atoms. The molecule has 3 rings (SSSR count). The van der Waals surface area contributed by atoms with Crippen molar-refractivity contribution in [2.24, 2.45) is 0 Å². The van der Waals surface area contributed by atoms with Crippen LogP contribution in [0.2, 0.25) is 0 Å². The van der Waals surface area contributed by atoms with Crippen molar-refractivity contribution in [2.75, 3.05) is 28.4 Å². The molecule has 2 aromatic carbocycles. The van der Waals surface area contributed by atoms with E-state index in [4.69, 9.17) is 30.5 Å². The number of benzene rings is 2. The van der Waals surface area contributed by atoms with Crippen LogP contribution in [0.3, 0.4) is 0 Å². The molecule has 1 aromatic heterocycles. The summed E-state index contributed by atoms with van der Waals surface area (Å²) in [6.07, 6.45) is 2.45. The molecule has 0 fully saturated rings. The highest BCUT2D eigenvalue weighted by Crippen LogP contribution is 2.36. The van der Waals surface area contributed by atoms with Gasteiger partial charge < -0.3 is 18.9 Å². The predicted octanol–water partition coefficient (Wildman–Crippen LogP) is 4.60. The fourth-order valence-electron chi connectivity index (χ4n) is 3.11. The van der Waals surface area contributed by atoms with E-state index in [0.717, 1.165) is 27.6 Å². The number of ether oxygens (including phenoxy) is 4. The molecule has 27 heavy (non-hydrogen) atoms. The lowest BCUT2D eigenvalue weighted by Crippen LogP contribution is -1.99. The Bertz CT molecular complexity index is 959. The van der Waals surface area contributed by atoms with Crippen molar-refractivity contribution in [3.63, 3.8) is 0 Å². The number of halogens is 1. The van der Waals surface area contributed by atoms with E-state index in [1.54, 1.807) is 28.4 Å². The molecule has 0 saturated heterocycles. The van der Waals surface area contributed by atoms with Crippen LogP contribution in [0.15, 0.2) is 36.5 Å². The van der Waals surface area contributed by atoms with Crippen molar-refractivity contribution in [1.29, 1.82) is 0 Å². The van der Waals surface area contributed by atoms with Gasteiger partial charge in [-0.2, -0.15) is 0 Å². The van der Waals surface area contributed by atoms with Gasteiger partial charge in [-0.3, -0.25) is 4.98 Å². The fraction of sp³-hybridized carbons (Fsp3) is 0.286. The Morgan fingerprint density at radius 3 is 1.96 bits per heavy atom. The molecule has 0 aliphatic carbocycles. The summed E-state index contributed by atoms with van der Waals surface area (Å²) in [5.74, 6) is 3.08. The molecule has 0 saturated carbocycles. The Hall–Kier alpha value is -2.66. The van der Waals surface area contributed by atoms with Crippen LogP contribution in [-0.2, 0) is 12.3 Å². The van der Waals surface area contributed by atoms with Gasteiger partial charge in [0.1, 0.15) is 0 Å². The quantitative estimate of drug-likeness (QED) is 0.554. The van der Waals surface area contributed by atoms with Crippen molar-refractivity contribution in [3.8, 4) is 23.0 Å². The number of aromatic nitrogens is 1. The van der Waals surface area contributed by atoms with E-state index in [0.29, 0.717) is 35.3 Å². The first-order valence-electron chi connectivity index (χ1n) is 8.44. The smallest absolute Gasteiger partial charge is 0.161 e. The van der Waals surface area contributed by atoms with E-state index in [2.05, 4.69) is 4.98 Å². The van der Waals surface area contributed by atoms with Crippen LogP contribution in [0.4, 0.5) is 0 Å². The van der Waals surface area contributed by atoms with Crippen LogP contribution >= 0.6 is 11.6 Å². The first-order chi connectivity index (χ1) is 13.1. The second-order valence-corrected chi connectivity index (χ2v) is 6.25. The fourth-order valence-corrected chi connectivity index (χ4v) is 3.32. The molecule has 6 heteroatoms. The Morgan fingerprint density at radius 2 is 1.37 bits per heavy atom. The molecular weight excluding hydrogens is 366 g/mol. The summed E-state index contributed by atoms with van der Waals surface area (Å²) in [6, 6.07) is 9.76. The minimum Gasteiger partial charge on any atom is -0.493 e. The molecule has 0 amide bonds. The minimum absolute atomic E-state index is 0.371. The molecule has 142 valence electrons. The summed E-state index contributed by atoms with van der Waals surface area (Å²) < 4.78 is 21.6. The lowest BCUT2D eigenvalue weighted by Gasteiger charge is -2.14. The van der Waals surface area contributed by atoms with Crippen molar-refractivity contribution in [2.45, 2.75) is 12.3 Å².